The minimum absolute atomic E-state index is 0.373. The van der Waals surface area contributed by atoms with Crippen LogP contribution in [0.25, 0.3) is 0 Å². The van der Waals surface area contributed by atoms with Crippen molar-refractivity contribution in [2.45, 2.75) is 27.2 Å². The SMILES string of the molecule is C=CCC(C)(C)CNCC. The molecular formula is C9H19N. The van der Waals surface area contributed by atoms with Gasteiger partial charge < -0.3 is 5.32 Å². The Hall–Kier alpha value is -0.300. The standard InChI is InChI=1S/C9H19N/c1-5-7-9(3,4)8-10-6-2/h5,10H,1,6-8H2,2-4H3. The molecular weight excluding hydrogens is 122 g/mol. The predicted octanol–water partition coefficient (Wildman–Crippen LogP) is 2.20. The third-order valence-corrected chi connectivity index (χ3v) is 1.55. The van der Waals surface area contributed by atoms with Crippen molar-refractivity contribution in [1.29, 1.82) is 0 Å². The largest absolute Gasteiger partial charge is 0.316 e. The summed E-state index contributed by atoms with van der Waals surface area (Å²) in [4.78, 5) is 0. The van der Waals surface area contributed by atoms with Crippen molar-refractivity contribution >= 4 is 0 Å². The average molecular weight is 141 g/mol. The van der Waals surface area contributed by atoms with E-state index in [1.807, 2.05) is 6.08 Å². The summed E-state index contributed by atoms with van der Waals surface area (Å²) in [5.74, 6) is 0. The highest BCUT2D eigenvalue weighted by atomic mass is 14.9. The molecule has 1 heteroatoms. The van der Waals surface area contributed by atoms with Gasteiger partial charge in [0.1, 0.15) is 0 Å². The van der Waals surface area contributed by atoms with Crippen LogP contribution in [0.4, 0.5) is 0 Å². The Labute approximate surface area is 64.5 Å². The van der Waals surface area contributed by atoms with Crippen LogP contribution in [-0.4, -0.2) is 13.1 Å². The second-order valence-corrected chi connectivity index (χ2v) is 3.44. The van der Waals surface area contributed by atoms with Gasteiger partial charge in [0.15, 0.2) is 0 Å². The lowest BCUT2D eigenvalue weighted by atomic mass is 9.89. The summed E-state index contributed by atoms with van der Waals surface area (Å²) in [7, 11) is 0. The molecule has 0 aromatic rings. The molecule has 0 unspecified atom stereocenters. The van der Waals surface area contributed by atoms with Gasteiger partial charge >= 0.3 is 0 Å². The maximum absolute atomic E-state index is 3.73. The Morgan fingerprint density at radius 1 is 1.50 bits per heavy atom. The molecule has 1 nitrogen and oxygen atoms in total. The summed E-state index contributed by atoms with van der Waals surface area (Å²) >= 11 is 0. The number of nitrogens with one attached hydrogen (secondary N) is 1. The van der Waals surface area contributed by atoms with Crippen LogP contribution in [0.3, 0.4) is 0 Å². The van der Waals surface area contributed by atoms with Gasteiger partial charge in [0.25, 0.3) is 0 Å². The van der Waals surface area contributed by atoms with Crippen molar-refractivity contribution in [3.8, 4) is 0 Å². The first kappa shape index (κ1) is 9.70. The maximum atomic E-state index is 3.73. The van der Waals surface area contributed by atoms with Gasteiger partial charge in [-0.1, -0.05) is 26.8 Å². The summed E-state index contributed by atoms with van der Waals surface area (Å²) in [5.41, 5.74) is 0.373. The van der Waals surface area contributed by atoms with E-state index in [0.29, 0.717) is 5.41 Å². The van der Waals surface area contributed by atoms with Gasteiger partial charge in [0.2, 0.25) is 0 Å². The van der Waals surface area contributed by atoms with Crippen molar-refractivity contribution in [2.24, 2.45) is 5.41 Å². The smallest absolute Gasteiger partial charge is 0.000536 e. The summed E-state index contributed by atoms with van der Waals surface area (Å²) < 4.78 is 0. The zero-order valence-corrected chi connectivity index (χ0v) is 7.41. The van der Waals surface area contributed by atoms with Crippen LogP contribution in [0.2, 0.25) is 0 Å². The maximum Gasteiger partial charge on any atom is 0.000536 e. The second kappa shape index (κ2) is 4.51. The molecule has 0 bridgehead atoms. The highest BCUT2D eigenvalue weighted by Gasteiger charge is 2.13. The zero-order valence-electron chi connectivity index (χ0n) is 7.41. The quantitative estimate of drug-likeness (QED) is 0.579. The molecule has 0 fully saturated rings. The lowest BCUT2D eigenvalue weighted by Gasteiger charge is -2.22. The van der Waals surface area contributed by atoms with E-state index in [1.165, 1.54) is 0 Å². The van der Waals surface area contributed by atoms with Crippen LogP contribution in [0.15, 0.2) is 12.7 Å². The Kier molecular flexibility index (Phi) is 4.37. The Balaban J connectivity index is 3.51. The summed E-state index contributed by atoms with van der Waals surface area (Å²) in [6, 6.07) is 0. The average Bonchev–Trinajstić information content (AvgIpc) is 1.84. The monoisotopic (exact) mass is 141 g/mol. The van der Waals surface area contributed by atoms with Crippen molar-refractivity contribution in [1.82, 2.24) is 5.32 Å². The molecule has 0 atom stereocenters. The van der Waals surface area contributed by atoms with Crippen LogP contribution in [0, 0.1) is 5.41 Å². The van der Waals surface area contributed by atoms with E-state index in [4.69, 9.17) is 0 Å². The first-order chi connectivity index (χ1) is 4.62. The third-order valence-electron chi connectivity index (χ3n) is 1.55. The molecule has 0 aliphatic heterocycles. The van der Waals surface area contributed by atoms with E-state index in [0.717, 1.165) is 19.5 Å². The summed E-state index contributed by atoms with van der Waals surface area (Å²) in [6.07, 6.45) is 3.07. The van der Waals surface area contributed by atoms with Crippen molar-refractivity contribution < 1.29 is 0 Å². The van der Waals surface area contributed by atoms with Crippen LogP contribution in [-0.2, 0) is 0 Å². The third kappa shape index (κ3) is 4.57. The molecule has 0 amide bonds. The van der Waals surface area contributed by atoms with Gasteiger partial charge in [-0.05, 0) is 18.4 Å². The highest BCUT2D eigenvalue weighted by molar-refractivity contribution is 4.80. The van der Waals surface area contributed by atoms with Crippen LogP contribution in [0.1, 0.15) is 27.2 Å². The fourth-order valence-corrected chi connectivity index (χ4v) is 0.926. The Bertz CT molecular complexity index is 94.9. The van der Waals surface area contributed by atoms with E-state index in [-0.39, 0.29) is 0 Å². The molecule has 60 valence electrons. The minimum Gasteiger partial charge on any atom is -0.316 e. The van der Waals surface area contributed by atoms with Crippen molar-refractivity contribution in [2.75, 3.05) is 13.1 Å². The van der Waals surface area contributed by atoms with E-state index in [9.17, 15) is 0 Å². The van der Waals surface area contributed by atoms with Gasteiger partial charge in [-0.3, -0.25) is 0 Å². The highest BCUT2D eigenvalue weighted by Crippen LogP contribution is 2.18. The van der Waals surface area contributed by atoms with Gasteiger partial charge in [-0.25, -0.2) is 0 Å². The lowest BCUT2D eigenvalue weighted by molar-refractivity contribution is 0.349. The van der Waals surface area contributed by atoms with Crippen molar-refractivity contribution in [3.05, 3.63) is 12.7 Å². The molecule has 0 spiro atoms. The molecule has 0 aromatic heterocycles. The van der Waals surface area contributed by atoms with E-state index < -0.39 is 0 Å². The first-order valence-corrected chi connectivity index (χ1v) is 3.94. The van der Waals surface area contributed by atoms with Crippen molar-refractivity contribution in [3.63, 3.8) is 0 Å². The van der Waals surface area contributed by atoms with Crippen LogP contribution in [0.5, 0.6) is 0 Å². The summed E-state index contributed by atoms with van der Waals surface area (Å²) in [5, 5.41) is 3.33. The van der Waals surface area contributed by atoms with Gasteiger partial charge in [-0.15, -0.1) is 6.58 Å². The molecule has 0 aromatic carbocycles. The van der Waals surface area contributed by atoms with E-state index in [2.05, 4.69) is 32.7 Å². The topological polar surface area (TPSA) is 12.0 Å². The molecule has 1 N–H and O–H groups in total. The van der Waals surface area contributed by atoms with E-state index in [1.54, 1.807) is 0 Å². The van der Waals surface area contributed by atoms with Gasteiger partial charge in [-0.2, -0.15) is 0 Å². The Morgan fingerprint density at radius 2 is 2.10 bits per heavy atom. The number of hydrogen-bond acceptors (Lipinski definition) is 1. The minimum atomic E-state index is 0.373. The van der Waals surface area contributed by atoms with Gasteiger partial charge in [0.05, 0.1) is 0 Å². The molecule has 0 saturated heterocycles. The second-order valence-electron chi connectivity index (χ2n) is 3.44. The number of hydrogen-bond donors (Lipinski definition) is 1. The molecule has 0 heterocycles. The lowest BCUT2D eigenvalue weighted by Crippen LogP contribution is -2.28. The number of allylic oxidation sites excluding steroid dienone is 1. The van der Waals surface area contributed by atoms with E-state index >= 15 is 0 Å². The predicted molar refractivity (Wildman–Crippen MR) is 47.1 cm³/mol. The number of rotatable bonds is 5. The van der Waals surface area contributed by atoms with Gasteiger partial charge in [0, 0.05) is 6.54 Å². The fraction of sp³-hybridized carbons (Fsp3) is 0.778. The zero-order chi connectivity index (χ0) is 8.04. The van der Waals surface area contributed by atoms with Crippen LogP contribution >= 0.6 is 0 Å². The molecule has 10 heavy (non-hydrogen) atoms. The Morgan fingerprint density at radius 3 is 2.50 bits per heavy atom. The molecule has 0 aliphatic carbocycles. The molecule has 0 rings (SSSR count). The normalized spacial score (nSPS) is 11.5. The summed E-state index contributed by atoms with van der Waals surface area (Å²) in [6.45, 7) is 12.5. The van der Waals surface area contributed by atoms with Crippen LogP contribution < -0.4 is 5.32 Å². The molecule has 0 aliphatic rings. The molecule has 0 saturated carbocycles. The molecule has 0 radical (unpaired) electrons. The fourth-order valence-electron chi connectivity index (χ4n) is 0.926. The first-order valence-electron chi connectivity index (χ1n) is 3.94.